The monoisotopic (exact) mass is 654 g/mol. The molecular formula is C31H34BF10OP. The summed E-state index contributed by atoms with van der Waals surface area (Å²) in [4.78, 5) is 0. The Morgan fingerprint density at radius 1 is 0.659 bits per heavy atom. The highest BCUT2D eigenvalue weighted by Crippen LogP contribution is 2.82. The molecule has 0 saturated carbocycles. The van der Waals surface area contributed by atoms with Crippen molar-refractivity contribution in [3.8, 4) is 0 Å². The van der Waals surface area contributed by atoms with Gasteiger partial charge < -0.3 is 4.65 Å². The van der Waals surface area contributed by atoms with Crippen LogP contribution in [0.5, 0.6) is 0 Å². The number of hydrogen-bond acceptors (Lipinski definition) is 1. The lowest BCUT2D eigenvalue weighted by Crippen LogP contribution is -2.65. The van der Waals surface area contributed by atoms with E-state index < -0.39 is 94.8 Å². The van der Waals surface area contributed by atoms with E-state index in [0.717, 1.165) is 0 Å². The third-order valence-corrected chi connectivity index (χ3v) is 15.4. The second kappa shape index (κ2) is 11.9. The lowest BCUT2D eigenvalue weighted by atomic mass is 9.29. The molecule has 0 N–H and O–H groups in total. The number of allylic oxidation sites excluding steroid dienone is 3. The molecule has 0 unspecified atom stereocenters. The van der Waals surface area contributed by atoms with E-state index in [1.165, 1.54) is 13.0 Å². The van der Waals surface area contributed by atoms with Crippen molar-refractivity contribution in [2.45, 2.75) is 85.4 Å². The van der Waals surface area contributed by atoms with Crippen LogP contribution in [0.4, 0.5) is 43.9 Å². The summed E-state index contributed by atoms with van der Waals surface area (Å²) in [6, 6.07) is 0. The quantitative estimate of drug-likeness (QED) is 0.0610. The van der Waals surface area contributed by atoms with Crippen LogP contribution >= 0.6 is 7.26 Å². The fourth-order valence-corrected chi connectivity index (χ4v) is 13.3. The lowest BCUT2D eigenvalue weighted by molar-refractivity contribution is 0.370. The summed E-state index contributed by atoms with van der Waals surface area (Å²) in [6.07, 6.45) is -3.53. The minimum atomic E-state index is -4.46. The summed E-state index contributed by atoms with van der Waals surface area (Å²) in [5.41, 5.74) is -0.186. The zero-order valence-electron chi connectivity index (χ0n) is 25.9. The third kappa shape index (κ3) is 5.40. The summed E-state index contributed by atoms with van der Waals surface area (Å²) < 4.78 is 155. The molecule has 1 nitrogen and oxygen atoms in total. The predicted molar refractivity (Wildman–Crippen MR) is 155 cm³/mol. The van der Waals surface area contributed by atoms with Crippen LogP contribution < -0.4 is 10.9 Å². The van der Waals surface area contributed by atoms with Crippen molar-refractivity contribution in [3.05, 3.63) is 86.6 Å². The predicted octanol–water partition coefficient (Wildman–Crippen LogP) is 9.52. The largest absolute Gasteiger partial charge is 0.703 e. The maximum atomic E-state index is 15.5. The van der Waals surface area contributed by atoms with E-state index in [0.29, 0.717) is 23.5 Å². The average molecular weight is 654 g/mol. The molecule has 1 aliphatic heterocycles. The third-order valence-electron chi connectivity index (χ3n) is 8.49. The highest BCUT2D eigenvalue weighted by Gasteiger charge is 2.60. The fourth-order valence-electron chi connectivity index (χ4n) is 6.79. The molecule has 0 saturated heterocycles. The molecule has 0 amide bonds. The van der Waals surface area contributed by atoms with Gasteiger partial charge in [0.25, 0.3) is 0 Å². The van der Waals surface area contributed by atoms with Gasteiger partial charge in [0.05, 0.1) is 29.5 Å². The number of halogens is 10. The van der Waals surface area contributed by atoms with Gasteiger partial charge in [-0.1, -0.05) is 17.8 Å². The zero-order chi connectivity index (χ0) is 33.9. The molecule has 0 spiro atoms. The van der Waals surface area contributed by atoms with E-state index in [1.807, 2.05) is 48.5 Å². The summed E-state index contributed by atoms with van der Waals surface area (Å²) in [6.45, 7) is 16.8. The van der Waals surface area contributed by atoms with Crippen molar-refractivity contribution >= 4 is 24.5 Å². The van der Waals surface area contributed by atoms with Gasteiger partial charge in [-0.05, 0) is 66.7 Å². The summed E-state index contributed by atoms with van der Waals surface area (Å²) in [7, 11) is -2.34. The van der Waals surface area contributed by atoms with Gasteiger partial charge >= 0.3 is 0 Å². The molecule has 13 heteroatoms. The molecule has 0 fully saturated rings. The Morgan fingerprint density at radius 2 is 1.00 bits per heavy atom. The van der Waals surface area contributed by atoms with E-state index in [1.54, 1.807) is 6.92 Å². The smallest absolute Gasteiger partial charge is 0.236 e. The summed E-state index contributed by atoms with van der Waals surface area (Å²) in [5.74, 6) is -25.6. The molecule has 44 heavy (non-hydrogen) atoms. The van der Waals surface area contributed by atoms with E-state index in [2.05, 4.69) is 5.73 Å². The van der Waals surface area contributed by atoms with Gasteiger partial charge in [0, 0.05) is 6.42 Å². The molecule has 242 valence electrons. The molecule has 3 rings (SSSR count). The standard InChI is InChI=1S/C31H34BF10OP/c1-10-17-13-16(3)43-32(18-20(33)24(37)28(41)25(38)21(18)34,19-22(35)26(39)29(42)27(40)23(19)36)12-11-15(2)14-44(17,30(4,5)6)31(7,8)9/h11H,10,12,14H2,1-9H3/b15-11-. The lowest BCUT2D eigenvalue weighted by Gasteiger charge is -2.48. The molecule has 1 aliphatic rings. The molecule has 0 atom stereocenters. The Kier molecular flexibility index (Phi) is 9.68. The van der Waals surface area contributed by atoms with Crippen LogP contribution in [-0.2, 0) is 4.65 Å². The molecular weight excluding hydrogens is 620 g/mol. The Labute approximate surface area is 251 Å². The molecule has 0 aliphatic carbocycles. The van der Waals surface area contributed by atoms with Crippen LogP contribution in [0.1, 0.15) is 68.7 Å². The number of rotatable bonds is 3. The second-order valence-electron chi connectivity index (χ2n) is 13.1. The van der Waals surface area contributed by atoms with Gasteiger partial charge in [-0.2, -0.15) is 0 Å². The topological polar surface area (TPSA) is 9.23 Å². The molecule has 2 aromatic carbocycles. The molecule has 2 aromatic rings. The van der Waals surface area contributed by atoms with Crippen LogP contribution in [0.15, 0.2) is 28.5 Å². The van der Waals surface area contributed by atoms with Crippen LogP contribution in [0.2, 0.25) is 6.32 Å². The molecule has 1 heterocycles. The Hall–Kier alpha value is -2.71. The van der Waals surface area contributed by atoms with Crippen molar-refractivity contribution in [3.63, 3.8) is 0 Å². The molecule has 0 bridgehead atoms. The van der Waals surface area contributed by atoms with E-state index in [9.17, 15) is 26.3 Å². The van der Waals surface area contributed by atoms with E-state index in [4.69, 9.17) is 4.65 Å². The second-order valence-corrected chi connectivity index (χ2v) is 18.3. The van der Waals surface area contributed by atoms with Gasteiger partial charge in [0.15, 0.2) is 34.9 Å². The van der Waals surface area contributed by atoms with Crippen LogP contribution in [0.25, 0.3) is 0 Å². The van der Waals surface area contributed by atoms with E-state index in [-0.39, 0.29) is 10.3 Å². The van der Waals surface area contributed by atoms with Crippen LogP contribution in [0, 0.1) is 58.2 Å². The van der Waals surface area contributed by atoms with Gasteiger partial charge in [-0.25, -0.2) is 43.9 Å². The van der Waals surface area contributed by atoms with Gasteiger partial charge in [-0.3, -0.25) is 0 Å². The van der Waals surface area contributed by atoms with Crippen molar-refractivity contribution in [2.75, 3.05) is 6.16 Å². The number of benzene rings is 2. The first-order valence-electron chi connectivity index (χ1n) is 13.9. The first-order valence-corrected chi connectivity index (χ1v) is 15.9. The fraction of sp³-hybridized carbons (Fsp3) is 0.452. The SMILES string of the molecule is CCC1=C=C(C)O[B-](c2c(F)c(F)c(F)c(F)c2F)(c2c(F)c(F)c(F)c(F)c2F)C/C=C(/C)C[P+]1(C(C)(C)C)C(C)(C)C. The van der Waals surface area contributed by atoms with Gasteiger partial charge in [-0.15, -0.1) is 12.4 Å². The number of hydrogen-bond donors (Lipinski definition) is 0. The zero-order valence-corrected chi connectivity index (χ0v) is 26.8. The van der Waals surface area contributed by atoms with Crippen LogP contribution in [0.3, 0.4) is 0 Å². The normalized spacial score (nSPS) is 18.7. The van der Waals surface area contributed by atoms with Gasteiger partial charge in [0.1, 0.15) is 28.6 Å². The maximum absolute atomic E-state index is 15.5. The minimum Gasteiger partial charge on any atom is -0.703 e. The van der Waals surface area contributed by atoms with Crippen LogP contribution in [-0.4, -0.2) is 22.8 Å². The van der Waals surface area contributed by atoms with Crippen molar-refractivity contribution in [1.82, 2.24) is 0 Å². The minimum absolute atomic E-state index is 0.337. The molecule has 0 aromatic heterocycles. The van der Waals surface area contributed by atoms with Gasteiger partial charge in [0.2, 0.25) is 6.35 Å². The van der Waals surface area contributed by atoms with Crippen molar-refractivity contribution in [1.29, 1.82) is 0 Å². The summed E-state index contributed by atoms with van der Waals surface area (Å²) in [5, 5.41) is -0.0452. The Morgan fingerprint density at radius 3 is 1.32 bits per heavy atom. The van der Waals surface area contributed by atoms with Crippen molar-refractivity contribution < 1.29 is 48.6 Å². The Balaban J connectivity index is 2.72. The van der Waals surface area contributed by atoms with Crippen molar-refractivity contribution in [2.24, 2.45) is 0 Å². The average Bonchev–Trinajstić information content (AvgIpc) is 2.91. The Bertz CT molecular complexity index is 1470. The first kappa shape index (κ1) is 35.8. The summed E-state index contributed by atoms with van der Waals surface area (Å²) >= 11 is 0. The molecule has 0 radical (unpaired) electrons. The maximum Gasteiger partial charge on any atom is 0.236 e. The highest BCUT2D eigenvalue weighted by molar-refractivity contribution is 7.82. The first-order chi connectivity index (χ1) is 20.0. The highest BCUT2D eigenvalue weighted by atomic mass is 31.2. The van der Waals surface area contributed by atoms with E-state index >= 15 is 17.6 Å².